The SMILES string of the molecule is C/C=C\C=C1/CN=C(Cl)C(Cl)=N1. The van der Waals surface area contributed by atoms with E-state index in [0.717, 1.165) is 5.70 Å². The van der Waals surface area contributed by atoms with Crippen molar-refractivity contribution in [3.63, 3.8) is 0 Å². The van der Waals surface area contributed by atoms with E-state index in [9.17, 15) is 0 Å². The van der Waals surface area contributed by atoms with Gasteiger partial charge in [0.05, 0.1) is 12.2 Å². The predicted octanol–water partition coefficient (Wildman–Crippen LogP) is 2.73. The molecule has 0 N–H and O–H groups in total. The molecule has 0 amide bonds. The Kier molecular flexibility index (Phi) is 3.50. The van der Waals surface area contributed by atoms with Crippen LogP contribution in [-0.2, 0) is 0 Å². The second-order valence-electron chi connectivity index (χ2n) is 2.19. The number of rotatable bonds is 1. The third-order valence-electron chi connectivity index (χ3n) is 1.27. The van der Waals surface area contributed by atoms with Gasteiger partial charge >= 0.3 is 0 Å². The molecule has 0 aromatic rings. The Morgan fingerprint density at radius 2 is 2.08 bits per heavy atom. The molecule has 12 heavy (non-hydrogen) atoms. The smallest absolute Gasteiger partial charge is 0.166 e. The van der Waals surface area contributed by atoms with Gasteiger partial charge in [0.25, 0.3) is 0 Å². The van der Waals surface area contributed by atoms with Crippen LogP contribution in [0.5, 0.6) is 0 Å². The summed E-state index contributed by atoms with van der Waals surface area (Å²) < 4.78 is 0. The molecule has 0 atom stereocenters. The van der Waals surface area contributed by atoms with Gasteiger partial charge in [-0.1, -0.05) is 35.4 Å². The van der Waals surface area contributed by atoms with Crippen LogP contribution in [0.2, 0.25) is 0 Å². The van der Waals surface area contributed by atoms with E-state index < -0.39 is 0 Å². The lowest BCUT2D eigenvalue weighted by molar-refractivity contribution is 1.10. The zero-order chi connectivity index (χ0) is 8.97. The van der Waals surface area contributed by atoms with Crippen molar-refractivity contribution in [2.75, 3.05) is 6.54 Å². The van der Waals surface area contributed by atoms with Crippen LogP contribution >= 0.6 is 23.2 Å². The van der Waals surface area contributed by atoms with Crippen LogP contribution in [-0.4, -0.2) is 16.9 Å². The van der Waals surface area contributed by atoms with Crippen LogP contribution in [0, 0.1) is 0 Å². The number of hydrogen-bond donors (Lipinski definition) is 0. The fourth-order valence-corrected chi connectivity index (χ4v) is 0.991. The molecule has 1 aliphatic rings. The lowest BCUT2D eigenvalue weighted by Gasteiger charge is -2.04. The van der Waals surface area contributed by atoms with Gasteiger partial charge in [-0.2, -0.15) is 0 Å². The molecule has 0 saturated carbocycles. The summed E-state index contributed by atoms with van der Waals surface area (Å²) in [4.78, 5) is 7.99. The summed E-state index contributed by atoms with van der Waals surface area (Å²) in [6, 6.07) is 0. The van der Waals surface area contributed by atoms with Crippen LogP contribution in [0.25, 0.3) is 0 Å². The quantitative estimate of drug-likeness (QED) is 0.625. The molecule has 0 aliphatic carbocycles. The van der Waals surface area contributed by atoms with Crippen LogP contribution in [0.3, 0.4) is 0 Å². The molecule has 0 fully saturated rings. The molecular formula is C8H8Cl2N2. The summed E-state index contributed by atoms with van der Waals surface area (Å²) in [7, 11) is 0. The van der Waals surface area contributed by atoms with E-state index in [1.807, 2.05) is 25.2 Å². The third-order valence-corrected chi connectivity index (χ3v) is 1.93. The van der Waals surface area contributed by atoms with Crippen molar-refractivity contribution in [2.45, 2.75) is 6.92 Å². The minimum absolute atomic E-state index is 0.263. The van der Waals surface area contributed by atoms with Gasteiger partial charge in [-0.05, 0) is 13.0 Å². The summed E-state index contributed by atoms with van der Waals surface area (Å²) in [5, 5.41) is 0.549. The van der Waals surface area contributed by atoms with Gasteiger partial charge in [0.1, 0.15) is 0 Å². The average Bonchev–Trinajstić information content (AvgIpc) is 2.07. The number of aliphatic imine (C=N–C) groups is 2. The molecule has 0 saturated heterocycles. The van der Waals surface area contributed by atoms with Crippen molar-refractivity contribution in [1.29, 1.82) is 0 Å². The number of hydrogen-bond acceptors (Lipinski definition) is 2. The van der Waals surface area contributed by atoms with Gasteiger partial charge in [-0.3, -0.25) is 4.99 Å². The lowest BCUT2D eigenvalue weighted by Crippen LogP contribution is -2.07. The lowest BCUT2D eigenvalue weighted by atomic mass is 10.3. The first-order chi connectivity index (χ1) is 5.74. The zero-order valence-corrected chi connectivity index (χ0v) is 8.10. The summed E-state index contributed by atoms with van der Waals surface area (Å²) in [5.74, 6) is 0. The van der Waals surface area contributed by atoms with Gasteiger partial charge < -0.3 is 0 Å². The van der Waals surface area contributed by atoms with Crippen molar-refractivity contribution < 1.29 is 0 Å². The van der Waals surface area contributed by atoms with Crippen LogP contribution < -0.4 is 0 Å². The fraction of sp³-hybridized carbons (Fsp3) is 0.250. The normalized spacial score (nSPS) is 21.4. The summed E-state index contributed by atoms with van der Waals surface area (Å²) in [6.07, 6.45) is 5.66. The van der Waals surface area contributed by atoms with Crippen molar-refractivity contribution >= 4 is 33.5 Å². The second kappa shape index (κ2) is 4.43. The van der Waals surface area contributed by atoms with E-state index >= 15 is 0 Å². The van der Waals surface area contributed by atoms with Crippen molar-refractivity contribution in [3.8, 4) is 0 Å². The standard InChI is InChI=1S/C8H8Cl2N2/c1-2-3-4-6-5-11-7(9)8(10)12-6/h2-4H,5H2,1H3/b3-2-,6-4+. The largest absolute Gasteiger partial charge is 0.264 e. The molecule has 0 aromatic carbocycles. The van der Waals surface area contributed by atoms with Gasteiger partial charge in [0.2, 0.25) is 0 Å². The topological polar surface area (TPSA) is 24.7 Å². The van der Waals surface area contributed by atoms with E-state index in [4.69, 9.17) is 23.2 Å². The molecule has 0 aromatic heterocycles. The van der Waals surface area contributed by atoms with Crippen LogP contribution in [0.4, 0.5) is 0 Å². The van der Waals surface area contributed by atoms with Crippen LogP contribution in [0.15, 0.2) is 33.9 Å². The molecular weight excluding hydrogens is 195 g/mol. The van der Waals surface area contributed by atoms with Gasteiger partial charge in [0, 0.05) is 0 Å². The Labute approximate surface area is 81.3 Å². The molecule has 1 heterocycles. The fourth-order valence-electron chi connectivity index (χ4n) is 0.720. The molecule has 0 radical (unpaired) electrons. The first kappa shape index (κ1) is 9.49. The predicted molar refractivity (Wildman–Crippen MR) is 54.3 cm³/mol. The monoisotopic (exact) mass is 202 g/mol. The third kappa shape index (κ3) is 2.47. The zero-order valence-electron chi connectivity index (χ0n) is 6.59. The number of allylic oxidation sites excluding steroid dienone is 3. The Bertz CT molecular complexity index is 287. The number of halogens is 2. The van der Waals surface area contributed by atoms with Crippen molar-refractivity contribution in [1.82, 2.24) is 0 Å². The first-order valence-electron chi connectivity index (χ1n) is 3.50. The molecule has 4 heteroatoms. The highest BCUT2D eigenvalue weighted by Crippen LogP contribution is 2.10. The van der Waals surface area contributed by atoms with Gasteiger partial charge in [-0.25, -0.2) is 4.99 Å². The van der Waals surface area contributed by atoms with E-state index in [2.05, 4.69) is 9.98 Å². The summed E-state index contributed by atoms with van der Waals surface area (Å²) >= 11 is 11.3. The minimum atomic E-state index is 0.263. The molecule has 0 spiro atoms. The van der Waals surface area contributed by atoms with Crippen LogP contribution in [0.1, 0.15) is 6.92 Å². The second-order valence-corrected chi connectivity index (χ2v) is 2.91. The maximum atomic E-state index is 5.66. The van der Waals surface area contributed by atoms with Gasteiger partial charge in [-0.15, -0.1) is 0 Å². The first-order valence-corrected chi connectivity index (χ1v) is 4.26. The summed E-state index contributed by atoms with van der Waals surface area (Å²) in [6.45, 7) is 2.43. The van der Waals surface area contributed by atoms with E-state index in [1.54, 1.807) is 0 Å². The highest BCUT2D eigenvalue weighted by Gasteiger charge is 2.08. The Hall–Kier alpha value is -0.600. The maximum absolute atomic E-state index is 5.66. The molecule has 2 nitrogen and oxygen atoms in total. The minimum Gasteiger partial charge on any atom is -0.264 e. The van der Waals surface area contributed by atoms with Crippen molar-refractivity contribution in [3.05, 3.63) is 23.9 Å². The van der Waals surface area contributed by atoms with Crippen molar-refractivity contribution in [2.24, 2.45) is 9.98 Å². The highest BCUT2D eigenvalue weighted by atomic mass is 35.5. The number of nitrogens with zero attached hydrogens (tertiary/aromatic N) is 2. The average molecular weight is 203 g/mol. The molecule has 0 unspecified atom stereocenters. The van der Waals surface area contributed by atoms with E-state index in [0.29, 0.717) is 6.54 Å². The molecule has 1 aliphatic heterocycles. The van der Waals surface area contributed by atoms with E-state index in [-0.39, 0.29) is 10.3 Å². The maximum Gasteiger partial charge on any atom is 0.166 e. The van der Waals surface area contributed by atoms with E-state index in [1.165, 1.54) is 0 Å². The highest BCUT2D eigenvalue weighted by molar-refractivity contribution is 7.00. The Balaban J connectivity index is 2.78. The molecule has 64 valence electrons. The molecule has 1 rings (SSSR count). The Morgan fingerprint density at radius 3 is 2.67 bits per heavy atom. The summed E-state index contributed by atoms with van der Waals surface area (Å²) in [5.41, 5.74) is 0.822. The van der Waals surface area contributed by atoms with Gasteiger partial charge in [0.15, 0.2) is 10.3 Å². The molecule has 0 bridgehead atoms. The Morgan fingerprint density at radius 1 is 1.33 bits per heavy atom.